The molecule has 2 heteroatoms. The lowest BCUT2D eigenvalue weighted by Crippen LogP contribution is -1.93. The average Bonchev–Trinajstić information content (AvgIpc) is 2.80. The molecule has 0 bridgehead atoms. The topological polar surface area (TPSA) is 37.3 Å². The number of carbonyl (C=O) groups is 1. The lowest BCUT2D eigenvalue weighted by atomic mass is 10.1. The van der Waals surface area contributed by atoms with Crippen molar-refractivity contribution in [1.29, 1.82) is 1.43 Å². The van der Waals surface area contributed by atoms with Crippen LogP contribution in [0.15, 0.2) is 0 Å². The summed E-state index contributed by atoms with van der Waals surface area (Å²) in [4.78, 5) is 11.6. The Morgan fingerprint density at radius 3 is 2.00 bits per heavy atom. The van der Waals surface area contributed by atoms with E-state index in [2.05, 4.69) is 5.11 Å². The van der Waals surface area contributed by atoms with Crippen LogP contribution in [0.3, 0.4) is 0 Å². The molecular formula is C14H28O2. The van der Waals surface area contributed by atoms with Crippen LogP contribution in [-0.2, 0) is 4.79 Å². The van der Waals surface area contributed by atoms with E-state index >= 15 is 0 Å². The molecule has 0 saturated heterocycles. The normalized spacial score (nSPS) is 47.8. The van der Waals surface area contributed by atoms with Gasteiger partial charge in [-0.05, 0) is 6.37 Å². The Labute approximate surface area is 140 Å². The Balaban J connectivity index is 7.49. The second-order valence-electron chi connectivity index (χ2n) is 1.79. The first-order valence-electron chi connectivity index (χ1n) is 17.6. The van der Waals surface area contributed by atoms with E-state index in [1.807, 2.05) is 0 Å². The molecule has 96 valence electrons. The van der Waals surface area contributed by atoms with Crippen LogP contribution in [-0.4, -0.2) is 11.1 Å². The van der Waals surface area contributed by atoms with Crippen molar-refractivity contribution in [3.05, 3.63) is 0 Å². The molecule has 0 aromatic rings. The fourth-order valence-corrected chi connectivity index (χ4v) is 0.364. The molecule has 0 radical (unpaired) electrons. The second-order valence-corrected chi connectivity index (χ2v) is 1.79. The SMILES string of the molecule is [2H]OC(=O)C([2H])([2H])C([2H])([2H])C([2H])([2H])C([2H])([2H])C([2H])([2H])C([2H])([2H])C([2H])([2H])C([2H])([2H])C([2H])([2H])C([2H])([2H])C([2H])([2H])C([2H])([2H])C([2H])([2H])[2H]. The Morgan fingerprint density at radius 2 is 1.50 bits per heavy atom. The summed E-state index contributed by atoms with van der Waals surface area (Å²) in [5, 5.41) is 3.26. The van der Waals surface area contributed by atoms with Gasteiger partial charge in [-0.2, -0.15) is 0 Å². The minimum Gasteiger partial charge on any atom is -0.481 e. The van der Waals surface area contributed by atoms with E-state index in [4.69, 9.17) is 38.4 Å². The monoisotopic (exact) mass is 256 g/mol. The van der Waals surface area contributed by atoms with Crippen LogP contribution in [0.4, 0.5) is 0 Å². The van der Waals surface area contributed by atoms with Crippen LogP contribution in [0.5, 0.6) is 0 Å². The third-order valence-electron chi connectivity index (χ3n) is 0.790. The molecule has 0 unspecified atom stereocenters. The largest absolute Gasteiger partial charge is 0.481 e. The number of hydrogen-bond acceptors (Lipinski definition) is 2. The van der Waals surface area contributed by atoms with Crippen molar-refractivity contribution in [3.8, 4) is 0 Å². The first-order valence-corrected chi connectivity index (χ1v) is 3.66. The van der Waals surface area contributed by atoms with Crippen molar-refractivity contribution in [2.75, 3.05) is 0 Å². The highest BCUT2D eigenvalue weighted by Gasteiger charge is 1.96. The van der Waals surface area contributed by atoms with Gasteiger partial charge < -0.3 is 5.11 Å². The summed E-state index contributed by atoms with van der Waals surface area (Å²) in [7, 11) is 0. The summed E-state index contributed by atoms with van der Waals surface area (Å²) in [5.74, 6) is -2.47. The van der Waals surface area contributed by atoms with Crippen molar-refractivity contribution in [3.63, 3.8) is 0 Å². The Bertz CT molecular complexity index is 1080. The maximum Gasteiger partial charge on any atom is 0.303 e. The fourth-order valence-electron chi connectivity index (χ4n) is 0.364. The van der Waals surface area contributed by atoms with Crippen LogP contribution in [0.25, 0.3) is 1.43 Å². The Morgan fingerprint density at radius 1 is 1.00 bits per heavy atom. The zero-order chi connectivity index (χ0) is 36.8. The van der Waals surface area contributed by atoms with Gasteiger partial charge in [0.05, 0.1) is 0 Å². The molecule has 0 atom stereocenters. The van der Waals surface area contributed by atoms with Gasteiger partial charge in [0.25, 0.3) is 1.43 Å². The number of hydrogen-bond donors (Lipinski definition) is 1. The second kappa shape index (κ2) is 12.5. The van der Waals surface area contributed by atoms with E-state index in [1.165, 1.54) is 0 Å². The summed E-state index contributed by atoms with van der Waals surface area (Å²) >= 11 is 0. The lowest BCUT2D eigenvalue weighted by Gasteiger charge is -2.01. The minimum absolute atomic E-state index is 2.47. The van der Waals surface area contributed by atoms with E-state index in [0.29, 0.717) is 0 Å². The molecule has 0 spiro atoms. The third kappa shape index (κ3) is 13.5. The Hall–Kier alpha value is -0.530. The van der Waals surface area contributed by atoms with Crippen LogP contribution in [0.1, 0.15) is 120 Å². The molecule has 1 N–H and O–H groups in total. The molecule has 0 fully saturated rings. The predicted molar refractivity (Wildman–Crippen MR) is 68.7 cm³/mol. The highest BCUT2D eigenvalue weighted by molar-refractivity contribution is 5.66. The van der Waals surface area contributed by atoms with Gasteiger partial charge in [-0.1, -0.05) is 70.6 Å². The number of carboxylic acid groups (broad SMARTS) is 1. The van der Waals surface area contributed by atoms with Crippen molar-refractivity contribution in [2.45, 2.75) is 83.3 Å². The molecule has 0 aromatic carbocycles. The first kappa shape index (κ1) is 1.80. The predicted octanol–water partition coefficient (Wildman–Crippen LogP) is 4.77. The number of rotatable bonds is 12. The fraction of sp³-hybridized carbons (Fsp3) is 0.929. The summed E-state index contributed by atoms with van der Waals surface area (Å²) in [6.45, 7) is -4.06. The smallest absolute Gasteiger partial charge is 0.303 e. The number of carboxylic acids is 1. The maximum absolute atomic E-state index is 11.6. The molecule has 0 amide bonds. The summed E-state index contributed by atoms with van der Waals surface area (Å²) in [6, 6.07) is 0. The van der Waals surface area contributed by atoms with Crippen LogP contribution < -0.4 is 0 Å². The average molecular weight is 257 g/mol. The molecule has 0 aliphatic rings. The quantitative estimate of drug-likeness (QED) is 0.546. The van der Waals surface area contributed by atoms with Gasteiger partial charge in [-0.25, -0.2) is 0 Å². The molecule has 2 nitrogen and oxygen atoms in total. The van der Waals surface area contributed by atoms with Gasteiger partial charge in [0.2, 0.25) is 0 Å². The van der Waals surface area contributed by atoms with Crippen molar-refractivity contribution >= 4 is 5.97 Å². The first-order chi connectivity index (χ1) is 18.5. The van der Waals surface area contributed by atoms with Crippen LogP contribution in [0, 0.1) is 0 Å². The van der Waals surface area contributed by atoms with E-state index in [-0.39, 0.29) is 0 Å². The van der Waals surface area contributed by atoms with Crippen molar-refractivity contribution < 1.29 is 46.9 Å². The molecule has 0 heterocycles. The van der Waals surface area contributed by atoms with E-state index < -0.39 is 89.3 Å². The molecule has 16 heavy (non-hydrogen) atoms. The third-order valence-corrected chi connectivity index (χ3v) is 0.790. The standard InChI is InChI=1S/C14H28O2/c1-2-3-4-5-6-7-8-9-10-11-12-13-14(15)16/h2-13H2,1H3,(H,15,16)/i1D3,2D2,3D2,4D2,5D2,6D2,7D2,8D2,9D2,10D2,11D2,12D2,13D2/hD. The van der Waals surface area contributed by atoms with Gasteiger partial charge >= 0.3 is 5.97 Å². The summed E-state index contributed by atoms with van der Waals surface area (Å²) in [6.07, 6.45) is -57.0. The van der Waals surface area contributed by atoms with Gasteiger partial charge in [-0.15, -0.1) is 0 Å². The summed E-state index contributed by atoms with van der Waals surface area (Å²) < 4.78 is 217. The minimum atomic E-state index is -4.99. The molecule has 0 aromatic heterocycles. The van der Waals surface area contributed by atoms with E-state index in [1.54, 1.807) is 0 Å². The van der Waals surface area contributed by atoms with Crippen LogP contribution in [0.2, 0.25) is 0 Å². The van der Waals surface area contributed by atoms with Gasteiger partial charge in [0.1, 0.15) is 0 Å². The molecule has 0 aliphatic carbocycles. The zero-order valence-corrected chi connectivity index (χ0v) is 7.82. The maximum atomic E-state index is 11.6. The Kier molecular flexibility index (Phi) is 1.41. The van der Waals surface area contributed by atoms with E-state index in [0.717, 1.165) is 0 Å². The molecular weight excluding hydrogens is 200 g/mol. The zero-order valence-electron chi connectivity index (χ0n) is 35.8. The lowest BCUT2D eigenvalue weighted by molar-refractivity contribution is -0.137. The number of aliphatic carboxylic acids is 1. The highest BCUT2D eigenvalue weighted by Crippen LogP contribution is 2.11. The van der Waals surface area contributed by atoms with Gasteiger partial charge in [0.15, 0.2) is 0 Å². The van der Waals surface area contributed by atoms with Crippen molar-refractivity contribution in [1.82, 2.24) is 0 Å². The molecule has 0 saturated carbocycles. The van der Waals surface area contributed by atoms with Gasteiger partial charge in [0, 0.05) is 43.4 Å². The van der Waals surface area contributed by atoms with E-state index in [9.17, 15) is 4.79 Å². The van der Waals surface area contributed by atoms with Gasteiger partial charge in [-0.3, -0.25) is 4.79 Å². The highest BCUT2D eigenvalue weighted by atomic mass is 16.4. The molecule has 0 rings (SSSR count). The molecule has 0 aliphatic heterocycles. The summed E-state index contributed by atoms with van der Waals surface area (Å²) in [5.41, 5.74) is 0. The van der Waals surface area contributed by atoms with Crippen LogP contribution >= 0.6 is 0 Å². The van der Waals surface area contributed by atoms with Crippen molar-refractivity contribution in [2.24, 2.45) is 0 Å².